The highest BCUT2D eigenvalue weighted by atomic mass is 16.7. The van der Waals surface area contributed by atoms with E-state index in [1.165, 1.54) is 6.92 Å². The quantitative estimate of drug-likeness (QED) is 0.326. The van der Waals surface area contributed by atoms with Crippen molar-refractivity contribution in [3.05, 3.63) is 0 Å². The summed E-state index contributed by atoms with van der Waals surface area (Å²) in [5.41, 5.74) is 0. The van der Waals surface area contributed by atoms with Crippen LogP contribution in [0.15, 0.2) is 0 Å². The Hall–Kier alpha value is -0.770. The van der Waals surface area contributed by atoms with E-state index in [1.807, 2.05) is 0 Å². The summed E-state index contributed by atoms with van der Waals surface area (Å²) in [6, 6.07) is -1.05. The molecular weight excluding hydrogens is 220 g/mol. The molecule has 0 bridgehead atoms. The van der Waals surface area contributed by atoms with Crippen molar-refractivity contribution in [3.63, 3.8) is 0 Å². The van der Waals surface area contributed by atoms with Gasteiger partial charge in [0.25, 0.3) is 0 Å². The maximum atomic E-state index is 10.8. The highest BCUT2D eigenvalue weighted by Crippen LogP contribution is 2.21. The van der Waals surface area contributed by atoms with Gasteiger partial charge in [-0.05, 0) is 0 Å². The van der Waals surface area contributed by atoms with Gasteiger partial charge >= 0.3 is 0 Å². The van der Waals surface area contributed by atoms with Crippen molar-refractivity contribution < 1.29 is 29.7 Å². The van der Waals surface area contributed by atoms with E-state index in [4.69, 9.17) is 15.7 Å². The van der Waals surface area contributed by atoms with Gasteiger partial charge in [-0.1, -0.05) is 0 Å². The van der Waals surface area contributed by atoms with Crippen molar-refractivity contribution >= 4 is 5.91 Å². The Morgan fingerprint density at radius 3 is 2.62 bits per heavy atom. The largest absolute Gasteiger partial charge is 0.394 e. The number of hydrogen-bond acceptors (Lipinski definition) is 7. The summed E-state index contributed by atoms with van der Waals surface area (Å²) in [6.45, 7) is 0.763. The molecule has 0 spiro atoms. The maximum Gasteiger partial charge on any atom is 0.217 e. The predicted octanol–water partition coefficient (Wildman–Crippen LogP) is -3.18. The van der Waals surface area contributed by atoms with Crippen LogP contribution in [0, 0.1) is 0 Å². The standard InChI is InChI=1S/C8H16N2O6/c1-3(12)10-5-6(13)7(16-9)4(2-11)15-8(5)14/h4-8,11,13-14H,2,9H2,1H3,(H,10,12)/t4-,5-,6-,7-,8-/m1/s1. The minimum absolute atomic E-state index is 0.440. The van der Waals surface area contributed by atoms with Crippen LogP contribution in [-0.4, -0.2) is 58.5 Å². The second-order valence-corrected chi connectivity index (χ2v) is 3.57. The van der Waals surface area contributed by atoms with Crippen LogP contribution in [-0.2, 0) is 14.4 Å². The van der Waals surface area contributed by atoms with E-state index in [2.05, 4.69) is 10.2 Å². The zero-order valence-corrected chi connectivity index (χ0v) is 8.74. The number of aliphatic hydroxyl groups excluding tert-OH is 3. The normalized spacial score (nSPS) is 39.4. The Balaban J connectivity index is 2.76. The second-order valence-electron chi connectivity index (χ2n) is 3.57. The molecule has 0 aromatic rings. The van der Waals surface area contributed by atoms with Crippen LogP contribution in [0.3, 0.4) is 0 Å². The van der Waals surface area contributed by atoms with Crippen molar-refractivity contribution in [2.75, 3.05) is 6.61 Å². The molecule has 0 radical (unpaired) electrons. The lowest BCUT2D eigenvalue weighted by atomic mass is 9.97. The van der Waals surface area contributed by atoms with Crippen LogP contribution in [0.4, 0.5) is 0 Å². The van der Waals surface area contributed by atoms with Gasteiger partial charge in [-0.15, -0.1) is 0 Å². The smallest absolute Gasteiger partial charge is 0.217 e. The number of ether oxygens (including phenoxy) is 1. The number of amides is 1. The van der Waals surface area contributed by atoms with Crippen LogP contribution < -0.4 is 11.2 Å². The van der Waals surface area contributed by atoms with Gasteiger partial charge < -0.3 is 25.4 Å². The van der Waals surface area contributed by atoms with E-state index >= 15 is 0 Å². The third-order valence-corrected chi connectivity index (χ3v) is 2.40. The Kier molecular flexibility index (Phi) is 4.59. The lowest BCUT2D eigenvalue weighted by Crippen LogP contribution is -2.65. The molecule has 0 aromatic heterocycles. The summed E-state index contributed by atoms with van der Waals surface area (Å²) in [5, 5.41) is 30.5. The highest BCUT2D eigenvalue weighted by Gasteiger charge is 2.45. The van der Waals surface area contributed by atoms with Crippen LogP contribution in [0.1, 0.15) is 6.92 Å². The second kappa shape index (κ2) is 5.53. The SMILES string of the molecule is CC(=O)N[C@@H]1[C@@H](O)[C@H](ON)[C@@H](CO)O[C@H]1O. The lowest BCUT2D eigenvalue weighted by molar-refractivity contribution is -0.264. The molecule has 94 valence electrons. The molecule has 0 aliphatic carbocycles. The van der Waals surface area contributed by atoms with Crippen LogP contribution >= 0.6 is 0 Å². The van der Waals surface area contributed by atoms with Crippen LogP contribution in [0.5, 0.6) is 0 Å². The average molecular weight is 236 g/mol. The number of carbonyl (C=O) groups is 1. The van der Waals surface area contributed by atoms with E-state index in [-0.39, 0.29) is 0 Å². The third kappa shape index (κ3) is 2.67. The van der Waals surface area contributed by atoms with Gasteiger partial charge in [-0.25, -0.2) is 5.90 Å². The summed E-state index contributed by atoms with van der Waals surface area (Å²) in [4.78, 5) is 15.3. The van der Waals surface area contributed by atoms with Gasteiger partial charge in [0.2, 0.25) is 5.91 Å². The molecule has 0 unspecified atom stereocenters. The predicted molar refractivity (Wildman–Crippen MR) is 50.6 cm³/mol. The van der Waals surface area contributed by atoms with E-state index in [0.29, 0.717) is 0 Å². The van der Waals surface area contributed by atoms with E-state index in [0.717, 1.165) is 0 Å². The number of aliphatic hydroxyl groups is 3. The summed E-state index contributed by atoms with van der Waals surface area (Å²) in [7, 11) is 0. The molecule has 1 saturated heterocycles. The number of hydrogen-bond donors (Lipinski definition) is 5. The maximum absolute atomic E-state index is 10.8. The molecule has 1 heterocycles. The minimum atomic E-state index is -1.43. The van der Waals surface area contributed by atoms with Gasteiger partial charge in [0.1, 0.15) is 24.4 Å². The number of rotatable bonds is 3. The van der Waals surface area contributed by atoms with Crippen molar-refractivity contribution in [3.8, 4) is 0 Å². The number of nitrogens with one attached hydrogen (secondary N) is 1. The molecule has 0 aromatic carbocycles. The summed E-state index contributed by atoms with van der Waals surface area (Å²) >= 11 is 0. The van der Waals surface area contributed by atoms with Gasteiger partial charge in [-0.2, -0.15) is 0 Å². The average Bonchev–Trinajstić information content (AvgIpc) is 2.23. The molecule has 6 N–H and O–H groups in total. The van der Waals surface area contributed by atoms with Crippen molar-refractivity contribution in [1.29, 1.82) is 0 Å². The van der Waals surface area contributed by atoms with Crippen molar-refractivity contribution in [2.24, 2.45) is 5.90 Å². The monoisotopic (exact) mass is 236 g/mol. The molecule has 8 nitrogen and oxygen atoms in total. The molecule has 0 saturated carbocycles. The molecular formula is C8H16N2O6. The molecule has 1 amide bonds. The first-order valence-electron chi connectivity index (χ1n) is 4.76. The van der Waals surface area contributed by atoms with Crippen LogP contribution in [0.25, 0.3) is 0 Å². The van der Waals surface area contributed by atoms with Crippen molar-refractivity contribution in [2.45, 2.75) is 37.6 Å². The Labute approximate surface area is 91.9 Å². The molecule has 1 fully saturated rings. The molecule has 1 aliphatic heterocycles. The Morgan fingerprint density at radius 1 is 1.56 bits per heavy atom. The molecule has 8 heteroatoms. The summed E-state index contributed by atoms with van der Waals surface area (Å²) < 4.78 is 4.95. The van der Waals surface area contributed by atoms with Crippen molar-refractivity contribution in [1.82, 2.24) is 5.32 Å². The van der Waals surface area contributed by atoms with Gasteiger partial charge in [-0.3, -0.25) is 9.63 Å². The Morgan fingerprint density at radius 2 is 2.19 bits per heavy atom. The zero-order chi connectivity index (χ0) is 12.3. The minimum Gasteiger partial charge on any atom is -0.394 e. The Bertz CT molecular complexity index is 251. The molecule has 1 aliphatic rings. The number of carbonyl (C=O) groups excluding carboxylic acids is 1. The van der Waals surface area contributed by atoms with Gasteiger partial charge in [0.05, 0.1) is 6.61 Å². The first kappa shape index (κ1) is 13.3. The third-order valence-electron chi connectivity index (χ3n) is 2.40. The van der Waals surface area contributed by atoms with Crippen LogP contribution in [0.2, 0.25) is 0 Å². The number of nitrogens with two attached hydrogens (primary N) is 1. The molecule has 16 heavy (non-hydrogen) atoms. The van der Waals surface area contributed by atoms with Gasteiger partial charge in [0, 0.05) is 6.92 Å². The fourth-order valence-electron chi connectivity index (χ4n) is 1.64. The lowest BCUT2D eigenvalue weighted by Gasteiger charge is -2.41. The first-order valence-corrected chi connectivity index (χ1v) is 4.76. The van der Waals surface area contributed by atoms with E-state index < -0.39 is 43.2 Å². The topological polar surface area (TPSA) is 134 Å². The molecule has 1 rings (SSSR count). The highest BCUT2D eigenvalue weighted by molar-refractivity contribution is 5.73. The van der Waals surface area contributed by atoms with Gasteiger partial charge in [0.15, 0.2) is 6.29 Å². The molecule has 5 atom stereocenters. The summed E-state index contributed by atoms with van der Waals surface area (Å²) in [6.07, 6.45) is -4.66. The van der Waals surface area contributed by atoms with E-state index in [1.54, 1.807) is 0 Å². The summed E-state index contributed by atoms with van der Waals surface area (Å²) in [5.74, 6) is 4.51. The van der Waals surface area contributed by atoms with E-state index in [9.17, 15) is 15.0 Å². The fraction of sp³-hybridized carbons (Fsp3) is 0.875. The first-order chi connectivity index (χ1) is 7.51. The fourth-order valence-corrected chi connectivity index (χ4v) is 1.64. The zero-order valence-electron chi connectivity index (χ0n) is 8.74.